The van der Waals surface area contributed by atoms with Gasteiger partial charge < -0.3 is 10.6 Å². The van der Waals surface area contributed by atoms with Crippen LogP contribution in [0.25, 0.3) is 0 Å². The van der Waals surface area contributed by atoms with Crippen molar-refractivity contribution in [2.45, 2.75) is 19.4 Å². The number of anilines is 3. The fourth-order valence-corrected chi connectivity index (χ4v) is 2.59. The normalized spacial score (nSPS) is 10.4. The summed E-state index contributed by atoms with van der Waals surface area (Å²) < 4.78 is 3.18. The average Bonchev–Trinajstić information content (AvgIpc) is 3.29. The van der Waals surface area contributed by atoms with Gasteiger partial charge in [0, 0.05) is 38.0 Å². The maximum atomic E-state index is 12.1. The molecule has 0 saturated carbocycles. The maximum absolute atomic E-state index is 12.1. The third-order valence-electron chi connectivity index (χ3n) is 3.69. The van der Waals surface area contributed by atoms with Crippen molar-refractivity contribution in [2.75, 3.05) is 10.6 Å². The van der Waals surface area contributed by atoms with Crippen LogP contribution in [0.3, 0.4) is 0 Å². The van der Waals surface area contributed by atoms with E-state index in [1.165, 1.54) is 10.8 Å². The van der Waals surface area contributed by atoms with Crippen molar-refractivity contribution in [3.05, 3.63) is 47.6 Å². The number of aryl methyl sites for hydroxylation is 1. The Morgan fingerprint density at radius 1 is 1.41 bits per heavy atom. The highest BCUT2D eigenvalue weighted by molar-refractivity contribution is 6.32. The van der Waals surface area contributed by atoms with E-state index in [2.05, 4.69) is 25.7 Å². The van der Waals surface area contributed by atoms with E-state index in [1.54, 1.807) is 29.3 Å². The van der Waals surface area contributed by atoms with E-state index >= 15 is 0 Å². The molecule has 0 radical (unpaired) electrons. The van der Waals surface area contributed by atoms with E-state index in [-0.39, 0.29) is 18.7 Å². The van der Waals surface area contributed by atoms with Gasteiger partial charge in [0.05, 0.1) is 30.7 Å². The monoisotopic (exact) mass is 384 g/mol. The highest BCUT2D eigenvalue weighted by Gasteiger charge is 2.11. The van der Waals surface area contributed by atoms with Gasteiger partial charge in [-0.1, -0.05) is 11.6 Å². The number of rotatable bonds is 7. The molecule has 27 heavy (non-hydrogen) atoms. The lowest BCUT2D eigenvalue weighted by atomic mass is 10.3. The second kappa shape index (κ2) is 8.33. The van der Waals surface area contributed by atoms with E-state index in [0.29, 0.717) is 23.3 Å². The van der Waals surface area contributed by atoms with Crippen LogP contribution in [0.15, 0.2) is 36.9 Å². The SMILES string of the molecule is Cn1cc(Nc2ncc(Cl)c(NCc3cccn3C(=O)CCC#N)n2)cn1. The first-order valence-corrected chi connectivity index (χ1v) is 8.53. The smallest absolute Gasteiger partial charge is 0.231 e. The lowest BCUT2D eigenvalue weighted by Crippen LogP contribution is -2.15. The van der Waals surface area contributed by atoms with E-state index < -0.39 is 0 Å². The molecule has 0 saturated heterocycles. The lowest BCUT2D eigenvalue weighted by Gasteiger charge is -2.11. The molecule has 0 atom stereocenters. The van der Waals surface area contributed by atoms with Gasteiger partial charge in [0.25, 0.3) is 0 Å². The quantitative estimate of drug-likeness (QED) is 0.643. The third-order valence-corrected chi connectivity index (χ3v) is 3.97. The van der Waals surface area contributed by atoms with Gasteiger partial charge in [0.15, 0.2) is 5.82 Å². The number of nitriles is 1. The van der Waals surface area contributed by atoms with Crippen molar-refractivity contribution in [3.63, 3.8) is 0 Å². The van der Waals surface area contributed by atoms with Crippen molar-refractivity contribution >= 4 is 35.0 Å². The lowest BCUT2D eigenvalue weighted by molar-refractivity contribution is 0.0902. The molecule has 3 heterocycles. The summed E-state index contributed by atoms with van der Waals surface area (Å²) >= 11 is 6.17. The molecule has 0 spiro atoms. The number of nitrogens with one attached hydrogen (secondary N) is 2. The Kier molecular flexibility index (Phi) is 5.68. The van der Waals surface area contributed by atoms with Crippen LogP contribution in [0.2, 0.25) is 5.02 Å². The van der Waals surface area contributed by atoms with Crippen molar-refractivity contribution in [2.24, 2.45) is 7.05 Å². The molecular weight excluding hydrogens is 368 g/mol. The zero-order valence-electron chi connectivity index (χ0n) is 14.6. The van der Waals surface area contributed by atoms with Crippen LogP contribution in [0.5, 0.6) is 0 Å². The number of hydrogen-bond acceptors (Lipinski definition) is 7. The van der Waals surface area contributed by atoms with Gasteiger partial charge in [-0.05, 0) is 12.1 Å². The van der Waals surface area contributed by atoms with Crippen LogP contribution in [0.1, 0.15) is 23.3 Å². The van der Waals surface area contributed by atoms with Crippen LogP contribution < -0.4 is 10.6 Å². The van der Waals surface area contributed by atoms with Gasteiger partial charge in [0.2, 0.25) is 11.9 Å². The van der Waals surface area contributed by atoms with Gasteiger partial charge in [-0.15, -0.1) is 0 Å². The number of aromatic nitrogens is 5. The number of hydrogen-bond donors (Lipinski definition) is 2. The minimum Gasteiger partial charge on any atom is -0.363 e. The van der Waals surface area contributed by atoms with Crippen molar-refractivity contribution in [1.82, 2.24) is 24.3 Å². The highest BCUT2D eigenvalue weighted by Crippen LogP contribution is 2.22. The first-order chi connectivity index (χ1) is 13.1. The van der Waals surface area contributed by atoms with Crippen LogP contribution in [-0.2, 0) is 13.6 Å². The standard InChI is InChI=1S/C17H17ClN8O/c1-25-11-12(8-22-25)23-17-21-10-14(18)16(24-17)20-9-13-4-3-7-26(13)15(27)5-2-6-19/h3-4,7-8,10-11H,2,5,9H2,1H3,(H2,20,21,23,24). The summed E-state index contributed by atoms with van der Waals surface area (Å²) in [7, 11) is 1.81. The fourth-order valence-electron chi connectivity index (χ4n) is 2.43. The molecule has 0 aliphatic rings. The molecule has 0 bridgehead atoms. The largest absolute Gasteiger partial charge is 0.363 e. The van der Waals surface area contributed by atoms with Gasteiger partial charge >= 0.3 is 0 Å². The summed E-state index contributed by atoms with van der Waals surface area (Å²) in [5, 5.41) is 19.2. The number of carbonyl (C=O) groups excluding carboxylic acids is 1. The number of nitrogens with zero attached hydrogens (tertiary/aromatic N) is 6. The summed E-state index contributed by atoms with van der Waals surface area (Å²) in [5.41, 5.74) is 1.50. The predicted octanol–water partition coefficient (Wildman–Crippen LogP) is 2.96. The Bertz CT molecular complexity index is 987. The summed E-state index contributed by atoms with van der Waals surface area (Å²) in [4.78, 5) is 20.6. The highest BCUT2D eigenvalue weighted by atomic mass is 35.5. The molecule has 9 nitrogen and oxygen atoms in total. The minimum absolute atomic E-state index is 0.133. The van der Waals surface area contributed by atoms with Gasteiger partial charge in [-0.2, -0.15) is 15.3 Å². The van der Waals surface area contributed by atoms with Gasteiger partial charge in [0.1, 0.15) is 5.02 Å². The van der Waals surface area contributed by atoms with Crippen molar-refractivity contribution < 1.29 is 4.79 Å². The van der Waals surface area contributed by atoms with E-state index in [0.717, 1.165) is 11.4 Å². The second-order valence-corrected chi connectivity index (χ2v) is 6.10. The number of halogens is 1. The van der Waals surface area contributed by atoms with Crippen LogP contribution >= 0.6 is 11.6 Å². The Balaban J connectivity index is 1.69. The Morgan fingerprint density at radius 2 is 2.26 bits per heavy atom. The summed E-state index contributed by atoms with van der Waals surface area (Å²) in [6.07, 6.45) is 6.98. The van der Waals surface area contributed by atoms with Crippen LogP contribution in [0.4, 0.5) is 17.5 Å². The molecule has 0 fully saturated rings. The van der Waals surface area contributed by atoms with Crippen LogP contribution in [0, 0.1) is 11.3 Å². The Hall–Kier alpha value is -3.38. The third kappa shape index (κ3) is 4.62. The fraction of sp³-hybridized carbons (Fsp3) is 0.235. The summed E-state index contributed by atoms with van der Waals surface area (Å²) in [5.74, 6) is 0.678. The minimum atomic E-state index is -0.133. The molecule has 3 aromatic heterocycles. The maximum Gasteiger partial charge on any atom is 0.231 e. The molecule has 0 aliphatic heterocycles. The predicted molar refractivity (Wildman–Crippen MR) is 101 cm³/mol. The van der Waals surface area contributed by atoms with E-state index in [1.807, 2.05) is 19.2 Å². The van der Waals surface area contributed by atoms with Gasteiger partial charge in [-0.25, -0.2) is 4.98 Å². The summed E-state index contributed by atoms with van der Waals surface area (Å²) in [6.45, 7) is 0.342. The second-order valence-electron chi connectivity index (χ2n) is 5.69. The van der Waals surface area contributed by atoms with Crippen molar-refractivity contribution in [1.29, 1.82) is 5.26 Å². The molecule has 0 aliphatic carbocycles. The van der Waals surface area contributed by atoms with Crippen LogP contribution in [-0.4, -0.2) is 30.2 Å². The van der Waals surface area contributed by atoms with E-state index in [4.69, 9.17) is 16.9 Å². The van der Waals surface area contributed by atoms with Crippen molar-refractivity contribution in [3.8, 4) is 6.07 Å². The molecule has 3 rings (SSSR count). The Labute approximate surface area is 160 Å². The molecule has 0 unspecified atom stereocenters. The topological polar surface area (TPSA) is 113 Å². The molecule has 138 valence electrons. The molecule has 0 aromatic carbocycles. The Morgan fingerprint density at radius 3 is 3.00 bits per heavy atom. The zero-order valence-corrected chi connectivity index (χ0v) is 15.3. The first kappa shape index (κ1) is 18.4. The zero-order chi connectivity index (χ0) is 19.2. The molecule has 10 heteroatoms. The average molecular weight is 385 g/mol. The first-order valence-electron chi connectivity index (χ1n) is 8.15. The molecule has 0 amide bonds. The van der Waals surface area contributed by atoms with Gasteiger partial charge in [-0.3, -0.25) is 14.0 Å². The molecule has 2 N–H and O–H groups in total. The molecule has 3 aromatic rings. The van der Waals surface area contributed by atoms with E-state index in [9.17, 15) is 4.79 Å². The molecular formula is C17H17ClN8O. The summed E-state index contributed by atoms with van der Waals surface area (Å²) in [6, 6.07) is 5.57. The number of carbonyl (C=O) groups is 1.